The molecule has 0 saturated carbocycles. The standard InChI is InChI=1S/C14H21N2OSi/c1-18(2)17-14-8-4-3-7-13(14)15-9-12-16-10-5-6-11-16/h3-4,7-9H,5-6,10-12H2,1-2H3. The number of hydrogen-bond acceptors (Lipinski definition) is 3. The van der Waals surface area contributed by atoms with Crippen LogP contribution in [0.2, 0.25) is 13.1 Å². The van der Waals surface area contributed by atoms with Crippen molar-refractivity contribution in [2.24, 2.45) is 4.99 Å². The number of benzene rings is 1. The van der Waals surface area contributed by atoms with E-state index in [1.165, 1.54) is 25.9 Å². The Morgan fingerprint density at radius 1 is 1.28 bits per heavy atom. The largest absolute Gasteiger partial charge is 0.541 e. The number of hydrogen-bond donors (Lipinski definition) is 0. The molecule has 0 bridgehead atoms. The summed E-state index contributed by atoms with van der Waals surface area (Å²) in [6.45, 7) is 7.64. The average molecular weight is 261 g/mol. The molecule has 1 aliphatic heterocycles. The smallest absolute Gasteiger partial charge is 0.274 e. The second-order valence-electron chi connectivity index (χ2n) is 4.80. The molecule has 0 aliphatic carbocycles. The lowest BCUT2D eigenvalue weighted by molar-refractivity contribution is 0.391. The minimum atomic E-state index is -0.733. The molecule has 1 heterocycles. The molecule has 1 aromatic carbocycles. The van der Waals surface area contributed by atoms with Crippen molar-refractivity contribution in [2.45, 2.75) is 25.9 Å². The third-order valence-electron chi connectivity index (χ3n) is 2.95. The first-order chi connectivity index (χ1) is 8.75. The van der Waals surface area contributed by atoms with E-state index in [2.05, 4.69) is 23.0 Å². The molecule has 0 aromatic heterocycles. The van der Waals surface area contributed by atoms with Crippen LogP contribution >= 0.6 is 0 Å². The van der Waals surface area contributed by atoms with Gasteiger partial charge in [-0.25, -0.2) is 0 Å². The van der Waals surface area contributed by atoms with Crippen LogP contribution < -0.4 is 4.43 Å². The van der Waals surface area contributed by atoms with Crippen LogP contribution in [0, 0.1) is 0 Å². The van der Waals surface area contributed by atoms with Gasteiger partial charge in [-0.2, -0.15) is 0 Å². The van der Waals surface area contributed by atoms with Gasteiger partial charge in [0.05, 0.1) is 0 Å². The Hall–Kier alpha value is -1.13. The van der Waals surface area contributed by atoms with Crippen LogP contribution in [0.5, 0.6) is 5.75 Å². The highest BCUT2D eigenvalue weighted by atomic mass is 28.3. The average Bonchev–Trinajstić information content (AvgIpc) is 2.84. The van der Waals surface area contributed by atoms with Crippen LogP contribution in [0.1, 0.15) is 12.8 Å². The molecule has 0 N–H and O–H groups in total. The van der Waals surface area contributed by atoms with Gasteiger partial charge in [0.1, 0.15) is 11.4 Å². The molecule has 0 atom stereocenters. The molecule has 1 aromatic rings. The lowest BCUT2D eigenvalue weighted by Gasteiger charge is -2.12. The van der Waals surface area contributed by atoms with E-state index in [0.717, 1.165) is 18.0 Å². The van der Waals surface area contributed by atoms with E-state index in [-0.39, 0.29) is 0 Å². The van der Waals surface area contributed by atoms with Gasteiger partial charge in [0.25, 0.3) is 9.04 Å². The van der Waals surface area contributed by atoms with E-state index in [1.807, 2.05) is 30.5 Å². The van der Waals surface area contributed by atoms with Crippen LogP contribution in [0.15, 0.2) is 29.3 Å². The van der Waals surface area contributed by atoms with Crippen molar-refractivity contribution in [2.75, 3.05) is 19.6 Å². The van der Waals surface area contributed by atoms with Gasteiger partial charge in [0, 0.05) is 12.8 Å². The second kappa shape index (κ2) is 6.71. The summed E-state index contributed by atoms with van der Waals surface area (Å²) < 4.78 is 5.84. The van der Waals surface area contributed by atoms with Crippen LogP contribution in [0.4, 0.5) is 5.69 Å². The molecule has 1 aliphatic rings. The van der Waals surface area contributed by atoms with Crippen LogP contribution in [0.25, 0.3) is 0 Å². The molecule has 0 unspecified atom stereocenters. The molecule has 1 saturated heterocycles. The zero-order chi connectivity index (χ0) is 12.8. The van der Waals surface area contributed by atoms with Crippen molar-refractivity contribution >= 4 is 20.9 Å². The summed E-state index contributed by atoms with van der Waals surface area (Å²) in [4.78, 5) is 6.98. The molecule has 0 spiro atoms. The predicted octanol–water partition coefficient (Wildman–Crippen LogP) is 3.11. The molecule has 2 rings (SSSR count). The molecule has 97 valence electrons. The van der Waals surface area contributed by atoms with Gasteiger partial charge in [-0.15, -0.1) is 0 Å². The van der Waals surface area contributed by atoms with E-state index in [9.17, 15) is 0 Å². The summed E-state index contributed by atoms with van der Waals surface area (Å²) in [5.41, 5.74) is 0.947. The Labute approximate surface area is 111 Å². The van der Waals surface area contributed by atoms with Crippen molar-refractivity contribution < 1.29 is 4.43 Å². The summed E-state index contributed by atoms with van der Waals surface area (Å²) in [7, 11) is -0.733. The van der Waals surface area contributed by atoms with Gasteiger partial charge >= 0.3 is 0 Å². The van der Waals surface area contributed by atoms with E-state index in [1.54, 1.807) is 0 Å². The van der Waals surface area contributed by atoms with Gasteiger partial charge in [-0.1, -0.05) is 12.1 Å². The zero-order valence-corrected chi connectivity index (χ0v) is 12.2. The first-order valence-electron chi connectivity index (χ1n) is 6.57. The zero-order valence-electron chi connectivity index (χ0n) is 11.2. The Morgan fingerprint density at radius 3 is 2.72 bits per heavy atom. The fourth-order valence-corrected chi connectivity index (χ4v) is 2.70. The van der Waals surface area contributed by atoms with Gasteiger partial charge in [0.15, 0.2) is 0 Å². The highest BCUT2D eigenvalue weighted by molar-refractivity contribution is 6.49. The fourth-order valence-electron chi connectivity index (χ4n) is 2.09. The van der Waals surface area contributed by atoms with Crippen LogP contribution in [-0.4, -0.2) is 39.8 Å². The van der Waals surface area contributed by atoms with E-state index >= 15 is 0 Å². The number of likely N-dealkylation sites (tertiary alicyclic amines) is 1. The molecular formula is C14H21N2OSi. The van der Waals surface area contributed by atoms with Gasteiger partial charge in [-0.05, 0) is 51.2 Å². The summed E-state index contributed by atoms with van der Waals surface area (Å²) in [5.74, 6) is 0.911. The van der Waals surface area contributed by atoms with Crippen molar-refractivity contribution in [3.63, 3.8) is 0 Å². The Balaban J connectivity index is 1.96. The summed E-state index contributed by atoms with van der Waals surface area (Å²) in [6, 6.07) is 8.02. The maximum atomic E-state index is 5.84. The fraction of sp³-hybridized carbons (Fsp3) is 0.500. The van der Waals surface area contributed by atoms with Gasteiger partial charge in [0.2, 0.25) is 0 Å². The number of rotatable bonds is 5. The third-order valence-corrected chi connectivity index (χ3v) is 3.58. The van der Waals surface area contributed by atoms with Crippen molar-refractivity contribution in [1.82, 2.24) is 4.90 Å². The van der Waals surface area contributed by atoms with Gasteiger partial charge < -0.3 is 4.43 Å². The summed E-state index contributed by atoms with van der Waals surface area (Å²) >= 11 is 0. The molecule has 1 radical (unpaired) electrons. The number of para-hydroxylation sites is 2. The maximum absolute atomic E-state index is 5.84. The van der Waals surface area contributed by atoms with Crippen molar-refractivity contribution in [1.29, 1.82) is 0 Å². The van der Waals surface area contributed by atoms with Gasteiger partial charge in [-0.3, -0.25) is 9.89 Å². The monoisotopic (exact) mass is 261 g/mol. The second-order valence-corrected chi connectivity index (χ2v) is 6.82. The SMILES string of the molecule is C[Si](C)Oc1ccccc1N=CCN1CCCC1. The van der Waals surface area contributed by atoms with E-state index in [4.69, 9.17) is 4.43 Å². The lowest BCUT2D eigenvalue weighted by atomic mass is 10.3. The van der Waals surface area contributed by atoms with Crippen molar-refractivity contribution in [3.05, 3.63) is 24.3 Å². The first kappa shape index (κ1) is 13.3. The van der Waals surface area contributed by atoms with E-state index < -0.39 is 9.04 Å². The Morgan fingerprint density at radius 2 is 2.00 bits per heavy atom. The molecule has 18 heavy (non-hydrogen) atoms. The highest BCUT2D eigenvalue weighted by Gasteiger charge is 2.09. The number of aliphatic imine (C=N–C) groups is 1. The normalized spacial score (nSPS) is 16.8. The summed E-state index contributed by atoms with van der Waals surface area (Å²) in [5, 5.41) is 0. The maximum Gasteiger partial charge on any atom is 0.274 e. The summed E-state index contributed by atoms with van der Waals surface area (Å²) in [6.07, 6.45) is 4.65. The molecule has 3 nitrogen and oxygen atoms in total. The first-order valence-corrected chi connectivity index (χ1v) is 8.98. The molecule has 1 fully saturated rings. The molecule has 4 heteroatoms. The third kappa shape index (κ3) is 3.96. The molecule has 0 amide bonds. The van der Waals surface area contributed by atoms with E-state index in [0.29, 0.717) is 0 Å². The minimum Gasteiger partial charge on any atom is -0.541 e. The molecular weight excluding hydrogens is 240 g/mol. The van der Waals surface area contributed by atoms with Crippen LogP contribution in [-0.2, 0) is 0 Å². The Kier molecular flexibility index (Phi) is 4.96. The Bertz CT molecular complexity index is 401. The van der Waals surface area contributed by atoms with Crippen LogP contribution in [0.3, 0.4) is 0 Å². The predicted molar refractivity (Wildman–Crippen MR) is 78.4 cm³/mol. The van der Waals surface area contributed by atoms with Crippen molar-refractivity contribution in [3.8, 4) is 5.75 Å². The lowest BCUT2D eigenvalue weighted by Crippen LogP contribution is -2.21. The quantitative estimate of drug-likeness (QED) is 0.601. The highest BCUT2D eigenvalue weighted by Crippen LogP contribution is 2.26. The minimum absolute atomic E-state index is 0.733. The number of nitrogens with zero attached hydrogens (tertiary/aromatic N) is 2. The topological polar surface area (TPSA) is 24.8 Å².